The second-order valence-corrected chi connectivity index (χ2v) is 7.26. The summed E-state index contributed by atoms with van der Waals surface area (Å²) in [6.07, 6.45) is 6.30. The molecule has 0 saturated heterocycles. The number of rotatable bonds is 8. The van der Waals surface area contributed by atoms with Crippen molar-refractivity contribution in [1.82, 2.24) is 20.4 Å². The molecule has 30 heavy (non-hydrogen) atoms. The van der Waals surface area contributed by atoms with E-state index in [1.165, 1.54) is 18.4 Å². The number of halogens is 1. The molecule has 1 aliphatic carbocycles. The van der Waals surface area contributed by atoms with Crippen molar-refractivity contribution in [3.63, 3.8) is 0 Å². The predicted octanol–water partition coefficient (Wildman–Crippen LogP) is 4.14. The zero-order valence-electron chi connectivity index (χ0n) is 17.1. The number of hydrogen-bond donors (Lipinski definition) is 2. The van der Waals surface area contributed by atoms with Crippen molar-refractivity contribution in [3.05, 3.63) is 78.1 Å². The third-order valence-electron chi connectivity index (χ3n) is 4.98. The van der Waals surface area contributed by atoms with Gasteiger partial charge >= 0.3 is 0 Å². The second-order valence-electron chi connectivity index (χ2n) is 7.26. The van der Waals surface area contributed by atoms with Crippen molar-refractivity contribution in [1.29, 1.82) is 0 Å². The van der Waals surface area contributed by atoms with Gasteiger partial charge in [-0.3, -0.25) is 4.99 Å². The summed E-state index contributed by atoms with van der Waals surface area (Å²) in [7, 11) is 1.78. The number of nitrogens with one attached hydrogen (secondary N) is 2. The summed E-state index contributed by atoms with van der Waals surface area (Å²) in [6.45, 7) is 2.18. The van der Waals surface area contributed by atoms with E-state index in [9.17, 15) is 0 Å². The van der Waals surface area contributed by atoms with Crippen molar-refractivity contribution in [2.75, 3.05) is 13.7 Å². The van der Waals surface area contributed by atoms with Crippen LogP contribution in [0.2, 0.25) is 0 Å². The Morgan fingerprint density at radius 3 is 2.53 bits per heavy atom. The molecule has 158 valence electrons. The lowest BCUT2D eigenvalue weighted by Crippen LogP contribution is -2.36. The van der Waals surface area contributed by atoms with Crippen molar-refractivity contribution >= 4 is 29.9 Å². The highest BCUT2D eigenvalue weighted by Crippen LogP contribution is 2.30. The van der Waals surface area contributed by atoms with Crippen LogP contribution in [0, 0.1) is 5.92 Å². The number of benzene rings is 2. The van der Waals surface area contributed by atoms with Gasteiger partial charge in [-0.2, -0.15) is 5.10 Å². The average molecular weight is 517 g/mol. The van der Waals surface area contributed by atoms with Gasteiger partial charge in [0.1, 0.15) is 5.75 Å². The molecule has 0 unspecified atom stereocenters. The highest BCUT2D eigenvalue weighted by atomic mass is 127. The molecule has 1 aromatic heterocycles. The van der Waals surface area contributed by atoms with Gasteiger partial charge in [-0.15, -0.1) is 24.0 Å². The third-order valence-corrected chi connectivity index (χ3v) is 4.98. The van der Waals surface area contributed by atoms with Gasteiger partial charge in [0, 0.05) is 38.1 Å². The number of para-hydroxylation sites is 1. The van der Waals surface area contributed by atoms with Crippen molar-refractivity contribution in [3.8, 4) is 11.4 Å². The molecule has 3 aromatic rings. The smallest absolute Gasteiger partial charge is 0.191 e. The fourth-order valence-electron chi connectivity index (χ4n) is 3.06. The molecule has 1 fully saturated rings. The molecule has 0 spiro atoms. The molecule has 2 aromatic carbocycles. The normalized spacial score (nSPS) is 13.4. The van der Waals surface area contributed by atoms with Crippen LogP contribution in [0.4, 0.5) is 0 Å². The topological polar surface area (TPSA) is 63.5 Å². The van der Waals surface area contributed by atoms with Gasteiger partial charge in [0.15, 0.2) is 5.96 Å². The van der Waals surface area contributed by atoms with Crippen LogP contribution in [0.5, 0.6) is 5.75 Å². The summed E-state index contributed by atoms with van der Waals surface area (Å²) in [5.74, 6) is 2.46. The zero-order chi connectivity index (χ0) is 19.9. The van der Waals surface area contributed by atoms with Gasteiger partial charge in [-0.1, -0.05) is 30.3 Å². The van der Waals surface area contributed by atoms with E-state index in [4.69, 9.17) is 4.74 Å². The number of ether oxygens (including phenoxy) is 1. The van der Waals surface area contributed by atoms with Gasteiger partial charge in [-0.25, -0.2) is 4.68 Å². The molecular weight excluding hydrogens is 489 g/mol. The first kappa shape index (κ1) is 22.1. The van der Waals surface area contributed by atoms with Crippen LogP contribution in [-0.4, -0.2) is 29.4 Å². The Hall–Kier alpha value is -2.55. The van der Waals surface area contributed by atoms with E-state index < -0.39 is 0 Å². The van der Waals surface area contributed by atoms with Crippen LogP contribution in [0.1, 0.15) is 24.0 Å². The lowest BCUT2D eigenvalue weighted by molar-refractivity contribution is 0.296. The molecule has 0 bridgehead atoms. The summed E-state index contributed by atoms with van der Waals surface area (Å²) in [5.41, 5.74) is 3.36. The molecule has 1 heterocycles. The molecule has 7 heteroatoms. The first-order chi connectivity index (χ1) is 14.3. The van der Waals surface area contributed by atoms with E-state index in [1.54, 1.807) is 13.2 Å². The minimum absolute atomic E-state index is 0. The Labute approximate surface area is 194 Å². The second kappa shape index (κ2) is 11.0. The highest BCUT2D eigenvalue weighted by Gasteiger charge is 2.22. The van der Waals surface area contributed by atoms with E-state index in [1.807, 2.05) is 35.1 Å². The maximum absolute atomic E-state index is 5.99. The van der Waals surface area contributed by atoms with E-state index in [-0.39, 0.29) is 24.0 Å². The SMILES string of the molecule is CN=C(NCc1ccc(-n2cccn2)cc1)NCc1ccccc1OCC1CC1.I. The van der Waals surface area contributed by atoms with Crippen LogP contribution in [-0.2, 0) is 13.1 Å². The summed E-state index contributed by atoms with van der Waals surface area (Å²) >= 11 is 0. The van der Waals surface area contributed by atoms with Crippen LogP contribution in [0.25, 0.3) is 5.69 Å². The summed E-state index contributed by atoms with van der Waals surface area (Å²) < 4.78 is 7.84. The summed E-state index contributed by atoms with van der Waals surface area (Å²) in [4.78, 5) is 4.33. The number of nitrogens with zero attached hydrogens (tertiary/aromatic N) is 3. The number of hydrogen-bond acceptors (Lipinski definition) is 3. The van der Waals surface area contributed by atoms with Gasteiger partial charge < -0.3 is 15.4 Å². The van der Waals surface area contributed by atoms with Gasteiger partial charge in [0.2, 0.25) is 0 Å². The number of aliphatic imine (C=N–C) groups is 1. The minimum Gasteiger partial charge on any atom is -0.493 e. The largest absolute Gasteiger partial charge is 0.493 e. The average Bonchev–Trinajstić information content (AvgIpc) is 3.44. The van der Waals surface area contributed by atoms with Crippen molar-refractivity contribution < 1.29 is 4.74 Å². The molecule has 0 amide bonds. The number of guanidine groups is 1. The van der Waals surface area contributed by atoms with E-state index in [0.29, 0.717) is 13.1 Å². The lowest BCUT2D eigenvalue weighted by atomic mass is 10.2. The fraction of sp³-hybridized carbons (Fsp3) is 0.304. The Morgan fingerprint density at radius 2 is 1.83 bits per heavy atom. The summed E-state index contributed by atoms with van der Waals surface area (Å²) in [5, 5.41) is 11.0. The molecule has 4 rings (SSSR count). The maximum atomic E-state index is 5.99. The quantitative estimate of drug-likeness (QED) is 0.268. The van der Waals surface area contributed by atoms with Crippen LogP contribution in [0.3, 0.4) is 0 Å². The molecule has 0 atom stereocenters. The van der Waals surface area contributed by atoms with E-state index in [2.05, 4.69) is 51.1 Å². The molecule has 1 saturated carbocycles. The highest BCUT2D eigenvalue weighted by molar-refractivity contribution is 14.0. The van der Waals surface area contributed by atoms with Gasteiger partial charge in [0.05, 0.1) is 12.3 Å². The Kier molecular flexibility index (Phi) is 8.12. The third kappa shape index (κ3) is 6.22. The molecular formula is C23H28IN5O. The van der Waals surface area contributed by atoms with Gasteiger partial charge in [0.25, 0.3) is 0 Å². The number of aromatic nitrogens is 2. The Balaban J connectivity index is 0.00000256. The zero-order valence-corrected chi connectivity index (χ0v) is 19.5. The van der Waals surface area contributed by atoms with Crippen LogP contribution in [0.15, 0.2) is 72.0 Å². The predicted molar refractivity (Wildman–Crippen MR) is 131 cm³/mol. The minimum atomic E-state index is 0. The Morgan fingerprint density at radius 1 is 1.07 bits per heavy atom. The molecule has 6 nitrogen and oxygen atoms in total. The van der Waals surface area contributed by atoms with Gasteiger partial charge in [-0.05, 0) is 48.6 Å². The standard InChI is InChI=1S/C23H27N5O.HI/c1-24-23(25-15-18-9-11-21(12-10-18)28-14-4-13-27-28)26-16-20-5-2-3-6-22(20)29-17-19-7-8-19;/h2-6,9-14,19H,7-8,15-17H2,1H3,(H2,24,25,26);1H. The monoisotopic (exact) mass is 517 g/mol. The molecule has 2 N–H and O–H groups in total. The van der Waals surface area contributed by atoms with Crippen molar-refractivity contribution in [2.45, 2.75) is 25.9 Å². The first-order valence-corrected chi connectivity index (χ1v) is 10.1. The maximum Gasteiger partial charge on any atom is 0.191 e. The van der Waals surface area contributed by atoms with E-state index in [0.717, 1.165) is 35.5 Å². The molecule has 0 radical (unpaired) electrons. The lowest BCUT2D eigenvalue weighted by Gasteiger charge is -2.15. The Bertz CT molecular complexity index is 936. The fourth-order valence-corrected chi connectivity index (χ4v) is 3.06. The molecule has 1 aliphatic rings. The summed E-state index contributed by atoms with van der Waals surface area (Å²) in [6, 6.07) is 18.4. The van der Waals surface area contributed by atoms with Crippen LogP contribution >= 0.6 is 24.0 Å². The van der Waals surface area contributed by atoms with Crippen molar-refractivity contribution in [2.24, 2.45) is 10.9 Å². The first-order valence-electron chi connectivity index (χ1n) is 10.1. The molecule has 0 aliphatic heterocycles. The van der Waals surface area contributed by atoms with E-state index >= 15 is 0 Å². The van der Waals surface area contributed by atoms with Crippen LogP contribution < -0.4 is 15.4 Å².